The maximum absolute atomic E-state index is 10.8. The average Bonchev–Trinajstić information content (AvgIpc) is 3.16. The highest BCUT2D eigenvalue weighted by atomic mass is 32.1. The Morgan fingerprint density at radius 2 is 1.81 bits per heavy atom. The van der Waals surface area contributed by atoms with Gasteiger partial charge in [0.2, 0.25) is 10.8 Å². The molecule has 7 nitrogen and oxygen atoms in total. The zero-order chi connectivity index (χ0) is 18.8. The Kier molecular flexibility index (Phi) is 5.18. The third-order valence-corrected chi connectivity index (χ3v) is 6.20. The van der Waals surface area contributed by atoms with Gasteiger partial charge in [-0.3, -0.25) is 4.90 Å². The molecule has 8 heteroatoms. The molecule has 1 atom stereocenters. The second-order valence-corrected chi connectivity index (χ2v) is 7.72. The van der Waals surface area contributed by atoms with E-state index in [0.29, 0.717) is 16.5 Å². The predicted molar refractivity (Wildman–Crippen MR) is 104 cm³/mol. The van der Waals surface area contributed by atoms with E-state index in [2.05, 4.69) is 15.0 Å². The SMILES string of the molecule is COc1ccc(C(c2sc3ncnn3c2O)N2CCCCCC2)cc1OC. The van der Waals surface area contributed by atoms with Crippen LogP contribution in [0.25, 0.3) is 4.96 Å². The summed E-state index contributed by atoms with van der Waals surface area (Å²) in [7, 11) is 3.28. The van der Waals surface area contributed by atoms with Gasteiger partial charge in [-0.15, -0.1) is 0 Å². The zero-order valence-corrected chi connectivity index (χ0v) is 16.4. The number of benzene rings is 1. The van der Waals surface area contributed by atoms with E-state index >= 15 is 0 Å². The number of methoxy groups -OCH3 is 2. The lowest BCUT2D eigenvalue weighted by Crippen LogP contribution is -2.30. The Morgan fingerprint density at radius 3 is 2.48 bits per heavy atom. The van der Waals surface area contributed by atoms with Gasteiger partial charge in [0.1, 0.15) is 6.33 Å². The Labute approximate surface area is 162 Å². The lowest BCUT2D eigenvalue weighted by molar-refractivity contribution is 0.232. The monoisotopic (exact) mass is 388 g/mol. The number of likely N-dealkylation sites (tertiary alicyclic amines) is 1. The number of thiazole rings is 1. The lowest BCUT2D eigenvalue weighted by Gasteiger charge is -2.30. The van der Waals surface area contributed by atoms with Crippen LogP contribution in [0.2, 0.25) is 0 Å². The fourth-order valence-corrected chi connectivity index (χ4v) is 4.87. The first-order chi connectivity index (χ1) is 13.2. The summed E-state index contributed by atoms with van der Waals surface area (Å²) < 4.78 is 12.4. The Morgan fingerprint density at radius 1 is 1.07 bits per heavy atom. The number of hydrogen-bond donors (Lipinski definition) is 1. The summed E-state index contributed by atoms with van der Waals surface area (Å²) in [5.41, 5.74) is 1.06. The molecule has 0 amide bonds. The minimum atomic E-state index is -0.0728. The molecule has 1 fully saturated rings. The van der Waals surface area contributed by atoms with Gasteiger partial charge in [-0.2, -0.15) is 9.61 Å². The standard InChI is InChI=1S/C19H24N4O3S/c1-25-14-8-7-13(11-15(14)26-2)16(22-9-5-3-4-6-10-22)17-18(24)23-19(27-17)20-12-21-23/h7-8,11-12,16,24H,3-6,9-10H2,1-2H3. The number of aromatic nitrogens is 3. The molecular formula is C19H24N4O3S. The van der Waals surface area contributed by atoms with Crippen molar-refractivity contribution in [1.29, 1.82) is 0 Å². The number of nitrogens with zero attached hydrogens (tertiary/aromatic N) is 4. The molecule has 1 unspecified atom stereocenters. The first kappa shape index (κ1) is 18.1. The topological polar surface area (TPSA) is 72.1 Å². The number of fused-ring (bicyclic) bond motifs is 1. The molecule has 0 bridgehead atoms. The molecule has 3 heterocycles. The van der Waals surface area contributed by atoms with Crippen LogP contribution in [0.5, 0.6) is 17.4 Å². The van der Waals surface area contributed by atoms with Gasteiger partial charge in [-0.1, -0.05) is 30.2 Å². The van der Waals surface area contributed by atoms with Crippen molar-refractivity contribution >= 4 is 16.3 Å². The van der Waals surface area contributed by atoms with Crippen molar-refractivity contribution in [2.75, 3.05) is 27.3 Å². The van der Waals surface area contributed by atoms with E-state index in [0.717, 1.165) is 36.4 Å². The molecule has 27 heavy (non-hydrogen) atoms. The summed E-state index contributed by atoms with van der Waals surface area (Å²) in [6.07, 6.45) is 6.27. The third kappa shape index (κ3) is 3.35. The summed E-state index contributed by atoms with van der Waals surface area (Å²) in [5.74, 6) is 1.55. The normalized spacial score (nSPS) is 17.0. The van der Waals surface area contributed by atoms with Crippen LogP contribution in [0.3, 0.4) is 0 Å². The van der Waals surface area contributed by atoms with Crippen LogP contribution < -0.4 is 9.47 Å². The molecule has 0 radical (unpaired) electrons. The van der Waals surface area contributed by atoms with Gasteiger partial charge < -0.3 is 14.6 Å². The van der Waals surface area contributed by atoms with Crippen molar-refractivity contribution in [3.05, 3.63) is 35.0 Å². The van der Waals surface area contributed by atoms with Crippen LogP contribution in [0.4, 0.5) is 0 Å². The van der Waals surface area contributed by atoms with Crippen molar-refractivity contribution < 1.29 is 14.6 Å². The first-order valence-electron chi connectivity index (χ1n) is 9.20. The second-order valence-electron chi connectivity index (χ2n) is 6.71. The first-order valence-corrected chi connectivity index (χ1v) is 10.0. The van der Waals surface area contributed by atoms with Crippen molar-refractivity contribution in [2.45, 2.75) is 31.7 Å². The Hall–Kier alpha value is -2.32. The molecule has 4 rings (SSSR count). The van der Waals surface area contributed by atoms with Crippen molar-refractivity contribution in [1.82, 2.24) is 19.5 Å². The van der Waals surface area contributed by atoms with E-state index in [1.165, 1.54) is 35.0 Å². The van der Waals surface area contributed by atoms with E-state index in [1.54, 1.807) is 14.2 Å². The van der Waals surface area contributed by atoms with E-state index < -0.39 is 0 Å². The largest absolute Gasteiger partial charge is 0.493 e. The van der Waals surface area contributed by atoms with Gasteiger partial charge in [0.25, 0.3) is 0 Å². The number of hydrogen-bond acceptors (Lipinski definition) is 7. The fraction of sp³-hybridized carbons (Fsp3) is 0.474. The van der Waals surface area contributed by atoms with E-state index in [4.69, 9.17) is 9.47 Å². The number of aromatic hydroxyl groups is 1. The van der Waals surface area contributed by atoms with Crippen molar-refractivity contribution in [3.8, 4) is 17.4 Å². The molecule has 1 aliphatic heterocycles. The molecule has 1 aromatic carbocycles. The number of ether oxygens (including phenoxy) is 2. The van der Waals surface area contributed by atoms with E-state index in [1.807, 2.05) is 18.2 Å². The Bertz CT molecular complexity index is 915. The van der Waals surface area contributed by atoms with E-state index in [9.17, 15) is 5.11 Å². The second kappa shape index (κ2) is 7.74. The highest BCUT2D eigenvalue weighted by molar-refractivity contribution is 7.17. The smallest absolute Gasteiger partial charge is 0.230 e. The molecule has 0 saturated carbocycles. The summed E-state index contributed by atoms with van der Waals surface area (Å²) in [4.78, 5) is 8.25. The number of rotatable bonds is 5. The van der Waals surface area contributed by atoms with Crippen molar-refractivity contribution in [2.24, 2.45) is 0 Å². The molecule has 2 aromatic heterocycles. The summed E-state index contributed by atoms with van der Waals surface area (Å²) >= 11 is 1.48. The van der Waals surface area contributed by atoms with E-state index in [-0.39, 0.29) is 11.9 Å². The fourth-order valence-electron chi connectivity index (χ4n) is 3.78. The maximum Gasteiger partial charge on any atom is 0.230 e. The van der Waals surface area contributed by atoms with Gasteiger partial charge in [0.05, 0.1) is 25.1 Å². The summed E-state index contributed by atoms with van der Waals surface area (Å²) in [6, 6.07) is 5.90. The van der Waals surface area contributed by atoms with Gasteiger partial charge in [0.15, 0.2) is 11.5 Å². The molecule has 144 valence electrons. The molecule has 1 aliphatic rings. The maximum atomic E-state index is 10.8. The molecule has 1 saturated heterocycles. The minimum Gasteiger partial charge on any atom is -0.493 e. The highest BCUT2D eigenvalue weighted by Crippen LogP contribution is 2.42. The van der Waals surface area contributed by atoms with Gasteiger partial charge in [-0.25, -0.2) is 4.98 Å². The van der Waals surface area contributed by atoms with Crippen LogP contribution in [0.1, 0.15) is 42.2 Å². The van der Waals surface area contributed by atoms with Crippen LogP contribution in [-0.4, -0.2) is 51.9 Å². The summed E-state index contributed by atoms with van der Waals surface area (Å²) in [5, 5.41) is 15.0. The predicted octanol–water partition coefficient (Wildman–Crippen LogP) is 3.48. The summed E-state index contributed by atoms with van der Waals surface area (Å²) in [6.45, 7) is 1.98. The van der Waals surface area contributed by atoms with Crippen LogP contribution in [-0.2, 0) is 0 Å². The third-order valence-electron chi connectivity index (χ3n) is 5.12. The lowest BCUT2D eigenvalue weighted by atomic mass is 10.0. The van der Waals surface area contributed by atoms with Gasteiger partial charge in [-0.05, 0) is 43.6 Å². The van der Waals surface area contributed by atoms with Crippen LogP contribution >= 0.6 is 11.3 Å². The molecule has 0 spiro atoms. The molecule has 0 aliphatic carbocycles. The molecule has 3 aromatic rings. The van der Waals surface area contributed by atoms with Crippen LogP contribution in [0, 0.1) is 0 Å². The van der Waals surface area contributed by atoms with Gasteiger partial charge >= 0.3 is 0 Å². The highest BCUT2D eigenvalue weighted by Gasteiger charge is 2.30. The average molecular weight is 388 g/mol. The zero-order valence-electron chi connectivity index (χ0n) is 15.6. The van der Waals surface area contributed by atoms with Gasteiger partial charge in [0, 0.05) is 0 Å². The van der Waals surface area contributed by atoms with Crippen LogP contribution in [0.15, 0.2) is 24.5 Å². The Balaban J connectivity index is 1.82. The molecular weight excluding hydrogens is 364 g/mol. The minimum absolute atomic E-state index is 0.0728. The quantitative estimate of drug-likeness (QED) is 0.721. The molecule has 1 N–H and O–H groups in total. The van der Waals surface area contributed by atoms with Crippen molar-refractivity contribution in [3.63, 3.8) is 0 Å².